The number of hydrogen-bond acceptors (Lipinski definition) is 7. The van der Waals surface area contributed by atoms with Gasteiger partial charge in [0.05, 0.1) is 28.5 Å². The molecule has 4 aromatic rings. The Bertz CT molecular complexity index is 1590. The number of fused-ring (bicyclic) bond motifs is 2. The molecule has 1 aliphatic heterocycles. The minimum absolute atomic E-state index is 0.0242. The van der Waals surface area contributed by atoms with E-state index in [0.29, 0.717) is 22.9 Å². The van der Waals surface area contributed by atoms with Crippen LogP contribution in [-0.4, -0.2) is 30.4 Å². The van der Waals surface area contributed by atoms with Gasteiger partial charge in [0.2, 0.25) is 0 Å². The van der Waals surface area contributed by atoms with E-state index in [0.717, 1.165) is 21.9 Å². The van der Waals surface area contributed by atoms with Gasteiger partial charge in [0.25, 0.3) is 5.56 Å². The SMILES string of the molecule is CC1c2ncc(Cl)cc2CN1c1cc(=O)n2cc(F)cc([C@@H](C)Nc3ccc(Cl)nc3C(=O)O)c2n1. The third kappa shape index (κ3) is 4.22. The molecule has 5 rings (SSSR count). The summed E-state index contributed by atoms with van der Waals surface area (Å²) in [5.74, 6) is -1.51. The lowest BCUT2D eigenvalue weighted by Gasteiger charge is -2.24. The van der Waals surface area contributed by atoms with Crippen molar-refractivity contribution in [2.75, 3.05) is 10.2 Å². The van der Waals surface area contributed by atoms with Crippen LogP contribution >= 0.6 is 23.2 Å². The zero-order valence-corrected chi connectivity index (χ0v) is 20.5. The fourth-order valence-corrected chi connectivity index (χ4v) is 4.74. The summed E-state index contributed by atoms with van der Waals surface area (Å²) in [6, 6.07) is 6.56. The van der Waals surface area contributed by atoms with Crippen LogP contribution in [-0.2, 0) is 6.54 Å². The molecule has 0 fully saturated rings. The fraction of sp³-hybridized carbons (Fsp3) is 0.208. The number of carboxylic acids is 1. The molecule has 2 atom stereocenters. The number of nitrogens with one attached hydrogen (secondary N) is 1. The maximum Gasteiger partial charge on any atom is 0.356 e. The Morgan fingerprint density at radius 3 is 2.78 bits per heavy atom. The smallest absolute Gasteiger partial charge is 0.356 e. The first-order valence-corrected chi connectivity index (χ1v) is 11.7. The van der Waals surface area contributed by atoms with Crippen LogP contribution in [0.1, 0.15) is 53.2 Å². The molecule has 0 aromatic carbocycles. The van der Waals surface area contributed by atoms with Crippen molar-refractivity contribution < 1.29 is 14.3 Å². The zero-order chi connectivity index (χ0) is 25.7. The molecule has 12 heteroatoms. The quantitative estimate of drug-likeness (QED) is 0.352. The van der Waals surface area contributed by atoms with E-state index in [9.17, 15) is 19.1 Å². The third-order valence-electron chi connectivity index (χ3n) is 6.11. The Hall–Kier alpha value is -3.76. The van der Waals surface area contributed by atoms with Crippen molar-refractivity contribution in [1.82, 2.24) is 19.4 Å². The van der Waals surface area contributed by atoms with Crippen LogP contribution in [0.25, 0.3) is 5.65 Å². The summed E-state index contributed by atoms with van der Waals surface area (Å²) in [5.41, 5.74) is 1.80. The molecule has 1 aliphatic rings. The molecule has 4 aromatic heterocycles. The Morgan fingerprint density at radius 2 is 2.03 bits per heavy atom. The van der Waals surface area contributed by atoms with E-state index >= 15 is 0 Å². The van der Waals surface area contributed by atoms with Crippen molar-refractivity contribution >= 4 is 46.3 Å². The molecule has 36 heavy (non-hydrogen) atoms. The van der Waals surface area contributed by atoms with Gasteiger partial charge in [-0.25, -0.2) is 19.2 Å². The number of hydrogen-bond donors (Lipinski definition) is 2. The highest BCUT2D eigenvalue weighted by molar-refractivity contribution is 6.30. The number of rotatable bonds is 5. The van der Waals surface area contributed by atoms with E-state index in [-0.39, 0.29) is 28.2 Å². The first-order chi connectivity index (χ1) is 17.1. The van der Waals surface area contributed by atoms with Gasteiger partial charge in [-0.2, -0.15) is 0 Å². The highest BCUT2D eigenvalue weighted by Crippen LogP contribution is 2.36. The molecule has 184 valence electrons. The van der Waals surface area contributed by atoms with Crippen molar-refractivity contribution in [2.45, 2.75) is 32.5 Å². The standard InChI is InChI=1S/C24H19Cl2FN6O3/c1-11(29-17-3-4-18(26)30-22(17)24(35)36)16-6-15(27)10-33-20(34)7-19(31-23(16)33)32-9-13-5-14(25)8-28-21(13)12(32)2/h3-8,10-12,29H,9H2,1-2H3,(H,35,36)/t11-,12?/m1/s1. The average molecular weight is 529 g/mol. The Balaban J connectivity index is 1.58. The molecular formula is C24H19Cl2FN6O3. The zero-order valence-electron chi connectivity index (χ0n) is 19.0. The highest BCUT2D eigenvalue weighted by Gasteiger charge is 2.30. The van der Waals surface area contributed by atoms with E-state index in [1.807, 2.05) is 17.9 Å². The molecular weight excluding hydrogens is 510 g/mol. The number of carbonyl (C=O) groups is 1. The van der Waals surface area contributed by atoms with Crippen LogP contribution < -0.4 is 15.8 Å². The van der Waals surface area contributed by atoms with Crippen LogP contribution in [0.15, 0.2) is 47.5 Å². The molecule has 0 saturated carbocycles. The lowest BCUT2D eigenvalue weighted by Crippen LogP contribution is -2.25. The summed E-state index contributed by atoms with van der Waals surface area (Å²) < 4.78 is 15.7. The maximum atomic E-state index is 14.5. The summed E-state index contributed by atoms with van der Waals surface area (Å²) in [5, 5.41) is 13.1. The van der Waals surface area contributed by atoms with Crippen LogP contribution in [0.3, 0.4) is 0 Å². The predicted octanol–water partition coefficient (Wildman–Crippen LogP) is 4.88. The normalized spacial score (nSPS) is 15.7. The number of anilines is 2. The summed E-state index contributed by atoms with van der Waals surface area (Å²) in [4.78, 5) is 39.6. The maximum absolute atomic E-state index is 14.5. The van der Waals surface area contributed by atoms with E-state index in [2.05, 4.69) is 15.3 Å². The molecule has 0 aliphatic carbocycles. The van der Waals surface area contributed by atoms with Crippen molar-refractivity contribution in [3.63, 3.8) is 0 Å². The number of aromatic nitrogens is 4. The van der Waals surface area contributed by atoms with Crippen molar-refractivity contribution in [3.05, 3.63) is 91.6 Å². The van der Waals surface area contributed by atoms with Crippen LogP contribution in [0.4, 0.5) is 15.9 Å². The number of halogens is 3. The van der Waals surface area contributed by atoms with E-state index < -0.39 is 23.4 Å². The lowest BCUT2D eigenvalue weighted by atomic mass is 10.1. The minimum Gasteiger partial charge on any atom is -0.476 e. The minimum atomic E-state index is -1.27. The summed E-state index contributed by atoms with van der Waals surface area (Å²) in [7, 11) is 0. The van der Waals surface area contributed by atoms with Gasteiger partial charge in [-0.15, -0.1) is 0 Å². The van der Waals surface area contributed by atoms with Gasteiger partial charge >= 0.3 is 5.97 Å². The summed E-state index contributed by atoms with van der Waals surface area (Å²) >= 11 is 12.0. The van der Waals surface area contributed by atoms with Crippen LogP contribution in [0.5, 0.6) is 0 Å². The van der Waals surface area contributed by atoms with Gasteiger partial charge < -0.3 is 15.3 Å². The van der Waals surface area contributed by atoms with Crippen LogP contribution in [0.2, 0.25) is 10.2 Å². The van der Waals surface area contributed by atoms with Crippen molar-refractivity contribution in [1.29, 1.82) is 0 Å². The van der Waals surface area contributed by atoms with Gasteiger partial charge in [0, 0.05) is 30.6 Å². The van der Waals surface area contributed by atoms with E-state index in [4.69, 9.17) is 28.2 Å². The first-order valence-electron chi connectivity index (χ1n) is 10.9. The molecule has 0 radical (unpaired) electrons. The topological polar surface area (TPSA) is 113 Å². The fourth-order valence-electron chi connectivity index (χ4n) is 4.41. The Morgan fingerprint density at radius 1 is 1.25 bits per heavy atom. The average Bonchev–Trinajstić information content (AvgIpc) is 3.15. The molecule has 2 N–H and O–H groups in total. The third-order valence-corrected chi connectivity index (χ3v) is 6.53. The van der Waals surface area contributed by atoms with Gasteiger partial charge in [-0.3, -0.25) is 14.2 Å². The van der Waals surface area contributed by atoms with Crippen molar-refractivity contribution in [3.8, 4) is 0 Å². The second-order valence-corrected chi connectivity index (χ2v) is 9.29. The van der Waals surface area contributed by atoms with E-state index in [1.54, 1.807) is 13.1 Å². The molecule has 9 nitrogen and oxygen atoms in total. The number of carboxylic acid groups (broad SMARTS) is 1. The Kier molecular flexibility index (Phi) is 6.01. The number of aromatic carboxylic acids is 1. The van der Waals surface area contributed by atoms with Gasteiger partial charge in [0.1, 0.15) is 22.4 Å². The predicted molar refractivity (Wildman–Crippen MR) is 134 cm³/mol. The summed E-state index contributed by atoms with van der Waals surface area (Å²) in [6.45, 7) is 4.11. The number of pyridine rings is 3. The molecule has 5 heterocycles. The molecule has 1 unspecified atom stereocenters. The largest absolute Gasteiger partial charge is 0.476 e. The monoisotopic (exact) mass is 528 g/mol. The molecule has 0 spiro atoms. The van der Waals surface area contributed by atoms with Crippen LogP contribution in [0, 0.1) is 5.82 Å². The highest BCUT2D eigenvalue weighted by atomic mass is 35.5. The Labute approximate surface area is 214 Å². The van der Waals surface area contributed by atoms with E-state index in [1.165, 1.54) is 24.3 Å². The molecule has 0 saturated heterocycles. The lowest BCUT2D eigenvalue weighted by molar-refractivity contribution is 0.0691. The summed E-state index contributed by atoms with van der Waals surface area (Å²) in [6.07, 6.45) is 2.65. The number of nitrogens with zero attached hydrogens (tertiary/aromatic N) is 5. The first kappa shape index (κ1) is 24.0. The van der Waals surface area contributed by atoms with Gasteiger partial charge in [-0.05, 0) is 43.7 Å². The second kappa shape index (κ2) is 9.03. The molecule has 0 amide bonds. The molecule has 0 bridgehead atoms. The second-order valence-electron chi connectivity index (χ2n) is 8.46. The van der Waals surface area contributed by atoms with Crippen molar-refractivity contribution in [2.24, 2.45) is 0 Å². The van der Waals surface area contributed by atoms with Gasteiger partial charge in [-0.1, -0.05) is 23.2 Å². The van der Waals surface area contributed by atoms with Gasteiger partial charge in [0.15, 0.2) is 5.69 Å².